The van der Waals surface area contributed by atoms with Crippen molar-refractivity contribution in [3.8, 4) is 0 Å². The van der Waals surface area contributed by atoms with Gasteiger partial charge in [-0.3, -0.25) is 0 Å². The Balaban J connectivity index is 1.96. The van der Waals surface area contributed by atoms with Gasteiger partial charge in [0.25, 0.3) is 0 Å². The summed E-state index contributed by atoms with van der Waals surface area (Å²) in [5.74, 6) is 0.207. The summed E-state index contributed by atoms with van der Waals surface area (Å²) in [6.45, 7) is 0. The van der Waals surface area contributed by atoms with Gasteiger partial charge in [-0.15, -0.1) is 0 Å². The molecule has 2 rings (SSSR count). The van der Waals surface area contributed by atoms with Crippen molar-refractivity contribution in [1.29, 1.82) is 0 Å². The van der Waals surface area contributed by atoms with Crippen molar-refractivity contribution in [3.05, 3.63) is 63.2 Å². The van der Waals surface area contributed by atoms with Crippen LogP contribution in [0.3, 0.4) is 0 Å². The first-order valence-corrected chi connectivity index (χ1v) is 8.01. The molecule has 20 heavy (non-hydrogen) atoms. The van der Waals surface area contributed by atoms with Crippen LogP contribution in [0.15, 0.2) is 46.5 Å². The molecule has 0 saturated carbocycles. The van der Waals surface area contributed by atoms with Gasteiger partial charge in [0.2, 0.25) is 0 Å². The minimum Gasteiger partial charge on any atom is -0.612 e. The average molecular weight is 316 g/mol. The molecule has 1 heterocycles. The van der Waals surface area contributed by atoms with E-state index in [9.17, 15) is 17.7 Å². The highest BCUT2D eigenvalue weighted by Gasteiger charge is 2.30. The third kappa shape index (κ3) is 4.40. The normalized spacial score (nSPS) is 13.8. The van der Waals surface area contributed by atoms with E-state index in [0.29, 0.717) is 5.56 Å². The molecule has 0 spiro atoms. The third-order valence-electron chi connectivity index (χ3n) is 2.55. The molecular formula is C14H11F3OS2. The number of thiophene rings is 1. The second-order valence-corrected chi connectivity index (χ2v) is 6.18. The number of halogens is 3. The van der Waals surface area contributed by atoms with Crippen LogP contribution in [0, 0.1) is 0 Å². The lowest BCUT2D eigenvalue weighted by atomic mass is 10.1. The van der Waals surface area contributed by atoms with E-state index in [-0.39, 0.29) is 5.75 Å². The summed E-state index contributed by atoms with van der Waals surface area (Å²) in [5.41, 5.74) is 0.892. The van der Waals surface area contributed by atoms with Gasteiger partial charge in [-0.1, -0.05) is 12.1 Å². The number of hydrogen-bond acceptors (Lipinski definition) is 2. The summed E-state index contributed by atoms with van der Waals surface area (Å²) in [5, 5.41) is 5.39. The minimum absolute atomic E-state index is 0.207. The van der Waals surface area contributed by atoms with Crippen molar-refractivity contribution in [2.45, 2.75) is 11.9 Å². The number of rotatable bonds is 4. The molecule has 1 atom stereocenters. The number of hydrogen-bond donors (Lipinski definition) is 0. The van der Waals surface area contributed by atoms with Crippen molar-refractivity contribution in [2.24, 2.45) is 0 Å². The first-order chi connectivity index (χ1) is 9.45. The average Bonchev–Trinajstić information content (AvgIpc) is 2.89. The summed E-state index contributed by atoms with van der Waals surface area (Å²) < 4.78 is 49.0. The number of benzene rings is 1. The van der Waals surface area contributed by atoms with Crippen LogP contribution in [-0.2, 0) is 23.1 Å². The Morgan fingerprint density at radius 1 is 1.15 bits per heavy atom. The van der Waals surface area contributed by atoms with Crippen LogP contribution < -0.4 is 0 Å². The van der Waals surface area contributed by atoms with Gasteiger partial charge in [-0.25, -0.2) is 0 Å². The number of alkyl halides is 3. The highest BCUT2D eigenvalue weighted by atomic mass is 32.2. The Labute approximate surface area is 121 Å². The quantitative estimate of drug-likeness (QED) is 0.751. The Kier molecular flexibility index (Phi) is 4.91. The fourth-order valence-electron chi connectivity index (χ4n) is 1.53. The zero-order valence-electron chi connectivity index (χ0n) is 10.3. The topological polar surface area (TPSA) is 23.1 Å². The molecule has 1 nitrogen and oxygen atoms in total. The van der Waals surface area contributed by atoms with E-state index in [4.69, 9.17) is 0 Å². The predicted molar refractivity (Wildman–Crippen MR) is 76.6 cm³/mol. The maximum absolute atomic E-state index is 12.4. The van der Waals surface area contributed by atoms with Crippen LogP contribution >= 0.6 is 11.3 Å². The third-order valence-corrected chi connectivity index (χ3v) is 4.30. The van der Waals surface area contributed by atoms with Gasteiger partial charge >= 0.3 is 6.18 Å². The first kappa shape index (κ1) is 15.2. The summed E-state index contributed by atoms with van der Waals surface area (Å²) in [7, 11) is 0. The maximum Gasteiger partial charge on any atom is 0.416 e. The monoisotopic (exact) mass is 316 g/mol. The molecule has 0 N–H and O–H groups in total. The van der Waals surface area contributed by atoms with Crippen molar-refractivity contribution >= 4 is 28.6 Å². The van der Waals surface area contributed by atoms with E-state index in [2.05, 4.69) is 0 Å². The molecule has 1 aromatic heterocycles. The molecule has 2 aromatic rings. The lowest BCUT2D eigenvalue weighted by molar-refractivity contribution is -0.137. The van der Waals surface area contributed by atoms with Crippen molar-refractivity contribution in [2.75, 3.05) is 0 Å². The molecule has 0 aliphatic carbocycles. The van der Waals surface area contributed by atoms with E-state index < -0.39 is 22.9 Å². The molecular weight excluding hydrogens is 305 g/mol. The van der Waals surface area contributed by atoms with Gasteiger partial charge < -0.3 is 4.55 Å². The van der Waals surface area contributed by atoms with Gasteiger partial charge in [0.05, 0.1) is 5.56 Å². The van der Waals surface area contributed by atoms with Gasteiger partial charge in [0.1, 0.15) is 11.2 Å². The van der Waals surface area contributed by atoms with Crippen LogP contribution in [0.5, 0.6) is 0 Å². The van der Waals surface area contributed by atoms with Crippen LogP contribution in [0.4, 0.5) is 13.2 Å². The Bertz CT molecular complexity index is 559. The lowest BCUT2D eigenvalue weighted by Crippen LogP contribution is -2.05. The van der Waals surface area contributed by atoms with Crippen LogP contribution in [0.1, 0.15) is 16.7 Å². The summed E-state index contributed by atoms with van der Waals surface area (Å²) in [6, 6.07) is 6.64. The van der Waals surface area contributed by atoms with Crippen molar-refractivity contribution in [3.63, 3.8) is 0 Å². The van der Waals surface area contributed by atoms with Crippen LogP contribution in [-0.4, -0.2) is 4.55 Å². The molecule has 0 radical (unpaired) electrons. The van der Waals surface area contributed by atoms with Crippen molar-refractivity contribution in [1.82, 2.24) is 0 Å². The van der Waals surface area contributed by atoms with Gasteiger partial charge in [0.15, 0.2) is 0 Å². The summed E-state index contributed by atoms with van der Waals surface area (Å²) in [6.07, 6.45) is -2.59. The fourth-order valence-corrected chi connectivity index (χ4v) is 3.08. The first-order valence-electron chi connectivity index (χ1n) is 5.69. The smallest absolute Gasteiger partial charge is 0.416 e. The molecule has 6 heteroatoms. The Hall–Kier alpha value is -1.24. The molecule has 0 aliphatic heterocycles. The van der Waals surface area contributed by atoms with E-state index in [1.54, 1.807) is 22.8 Å². The van der Waals surface area contributed by atoms with Gasteiger partial charge in [-0.05, 0) is 51.8 Å². The SMILES string of the molecule is [O-][S+](C=Cc1ccsc1)Cc1ccc(C(F)(F)F)cc1. The van der Waals surface area contributed by atoms with E-state index >= 15 is 0 Å². The minimum atomic E-state index is -4.34. The molecule has 106 valence electrons. The highest BCUT2D eigenvalue weighted by Crippen LogP contribution is 2.29. The maximum atomic E-state index is 12.4. The zero-order valence-corrected chi connectivity index (χ0v) is 11.9. The second kappa shape index (κ2) is 6.47. The van der Waals surface area contributed by atoms with Gasteiger partial charge in [0, 0.05) is 5.56 Å². The summed E-state index contributed by atoms with van der Waals surface area (Å²) in [4.78, 5) is 0. The molecule has 1 unspecified atom stereocenters. The Morgan fingerprint density at radius 3 is 2.40 bits per heavy atom. The van der Waals surface area contributed by atoms with Gasteiger partial charge in [-0.2, -0.15) is 24.5 Å². The Morgan fingerprint density at radius 2 is 1.85 bits per heavy atom. The van der Waals surface area contributed by atoms with Crippen molar-refractivity contribution < 1.29 is 17.7 Å². The van der Waals surface area contributed by atoms with E-state index in [1.807, 2.05) is 16.8 Å². The highest BCUT2D eigenvalue weighted by molar-refractivity contribution is 7.93. The molecule has 1 aromatic carbocycles. The molecule has 0 fully saturated rings. The second-order valence-electron chi connectivity index (χ2n) is 4.08. The van der Waals surface area contributed by atoms with E-state index in [0.717, 1.165) is 17.7 Å². The fraction of sp³-hybridized carbons (Fsp3) is 0.143. The molecule has 0 aliphatic rings. The zero-order chi connectivity index (χ0) is 14.6. The lowest BCUT2D eigenvalue weighted by Gasteiger charge is -2.08. The molecule has 0 amide bonds. The molecule has 0 saturated heterocycles. The standard InChI is InChI=1S/C14H11F3OS2/c15-14(16,17)13-3-1-12(2-4-13)10-20(18)8-6-11-5-7-19-9-11/h1-9H,10H2. The largest absolute Gasteiger partial charge is 0.612 e. The predicted octanol–water partition coefficient (Wildman–Crippen LogP) is 4.69. The van der Waals surface area contributed by atoms with Crippen LogP contribution in [0.25, 0.3) is 6.08 Å². The molecule has 0 bridgehead atoms. The van der Waals surface area contributed by atoms with E-state index in [1.165, 1.54) is 12.1 Å². The van der Waals surface area contributed by atoms with Crippen LogP contribution in [0.2, 0.25) is 0 Å². The summed E-state index contributed by atoms with van der Waals surface area (Å²) >= 11 is 0.302.